The molecule has 4 rings (SSSR count). The van der Waals surface area contributed by atoms with Crippen molar-refractivity contribution in [3.8, 4) is 34.2 Å². The number of aryl methyl sites for hydroxylation is 2. The molecular weight excluding hydrogens is 410 g/mol. The molecule has 4 aromatic rings. The number of tetrazole rings is 1. The third-order valence-corrected chi connectivity index (χ3v) is 5.10. The summed E-state index contributed by atoms with van der Waals surface area (Å²) in [6, 6.07) is 16.9. The van der Waals surface area contributed by atoms with Gasteiger partial charge in [0.05, 0.1) is 25.5 Å². The standard InChI is InChI=1S/C23H23N5O4/c1-15-16(17-8-5-6-10-20(17)30-3)12-13-22(24-15)32-14-18-19(9-7-11-21(18)31-4)28-23(29)27(2)25-26-28/h5-13H,14H2,1-4H3. The van der Waals surface area contributed by atoms with Crippen LogP contribution in [-0.4, -0.2) is 39.0 Å². The zero-order valence-electron chi connectivity index (χ0n) is 18.3. The fourth-order valence-electron chi connectivity index (χ4n) is 3.47. The molecule has 9 heteroatoms. The van der Waals surface area contributed by atoms with Crippen LogP contribution in [0.2, 0.25) is 0 Å². The molecule has 2 aromatic heterocycles. The van der Waals surface area contributed by atoms with E-state index < -0.39 is 0 Å². The largest absolute Gasteiger partial charge is 0.496 e. The van der Waals surface area contributed by atoms with Crippen molar-refractivity contribution in [1.82, 2.24) is 24.8 Å². The number of pyridine rings is 1. The van der Waals surface area contributed by atoms with Crippen LogP contribution in [-0.2, 0) is 13.7 Å². The summed E-state index contributed by atoms with van der Waals surface area (Å²) in [4.78, 5) is 17.0. The highest BCUT2D eigenvalue weighted by Gasteiger charge is 2.17. The number of nitrogens with zero attached hydrogens (tertiary/aromatic N) is 5. The van der Waals surface area contributed by atoms with Gasteiger partial charge in [0.2, 0.25) is 5.88 Å². The molecule has 0 fully saturated rings. The molecule has 0 spiro atoms. The number of rotatable bonds is 7. The molecule has 0 aliphatic heterocycles. The van der Waals surface area contributed by atoms with Crippen LogP contribution < -0.4 is 19.9 Å². The van der Waals surface area contributed by atoms with E-state index >= 15 is 0 Å². The minimum absolute atomic E-state index is 0.128. The van der Waals surface area contributed by atoms with Crippen molar-refractivity contribution in [1.29, 1.82) is 0 Å². The van der Waals surface area contributed by atoms with Gasteiger partial charge in [0.15, 0.2) is 0 Å². The molecule has 0 saturated carbocycles. The van der Waals surface area contributed by atoms with E-state index in [0.717, 1.165) is 27.3 Å². The lowest BCUT2D eigenvalue weighted by atomic mass is 10.0. The topological polar surface area (TPSA) is 93.3 Å². The minimum atomic E-state index is -0.366. The first-order valence-corrected chi connectivity index (χ1v) is 9.92. The summed E-state index contributed by atoms with van der Waals surface area (Å²) in [6.45, 7) is 2.05. The van der Waals surface area contributed by atoms with Crippen LogP contribution in [0.1, 0.15) is 11.3 Å². The Hall–Kier alpha value is -4.14. The van der Waals surface area contributed by atoms with E-state index in [2.05, 4.69) is 15.4 Å². The van der Waals surface area contributed by atoms with E-state index in [1.165, 1.54) is 11.7 Å². The van der Waals surface area contributed by atoms with E-state index in [4.69, 9.17) is 14.2 Å². The summed E-state index contributed by atoms with van der Waals surface area (Å²) in [5.74, 6) is 1.80. The van der Waals surface area contributed by atoms with Gasteiger partial charge in [-0.3, -0.25) is 0 Å². The van der Waals surface area contributed by atoms with Gasteiger partial charge in [-0.25, -0.2) is 9.78 Å². The van der Waals surface area contributed by atoms with Crippen LogP contribution in [0.25, 0.3) is 16.8 Å². The summed E-state index contributed by atoms with van der Waals surface area (Å²) >= 11 is 0. The lowest BCUT2D eigenvalue weighted by Crippen LogP contribution is -2.23. The molecule has 0 atom stereocenters. The lowest BCUT2D eigenvalue weighted by Gasteiger charge is -2.15. The van der Waals surface area contributed by atoms with Crippen molar-refractivity contribution in [2.45, 2.75) is 13.5 Å². The Morgan fingerprint density at radius 1 is 0.875 bits per heavy atom. The quantitative estimate of drug-likeness (QED) is 0.442. The van der Waals surface area contributed by atoms with Crippen molar-refractivity contribution in [2.75, 3.05) is 14.2 Å². The number of ether oxygens (including phenoxy) is 3. The second-order valence-electron chi connectivity index (χ2n) is 7.03. The van der Waals surface area contributed by atoms with E-state index in [9.17, 15) is 4.79 Å². The molecule has 0 bridgehead atoms. The van der Waals surface area contributed by atoms with Crippen molar-refractivity contribution < 1.29 is 14.2 Å². The van der Waals surface area contributed by atoms with E-state index in [-0.39, 0.29) is 12.3 Å². The molecular formula is C23H23N5O4. The van der Waals surface area contributed by atoms with E-state index in [0.29, 0.717) is 22.9 Å². The Bertz CT molecular complexity index is 1310. The number of para-hydroxylation sites is 1. The van der Waals surface area contributed by atoms with Crippen molar-refractivity contribution >= 4 is 0 Å². The normalized spacial score (nSPS) is 10.8. The first-order chi connectivity index (χ1) is 15.5. The number of hydrogen-bond acceptors (Lipinski definition) is 7. The average Bonchev–Trinajstić information content (AvgIpc) is 3.15. The minimum Gasteiger partial charge on any atom is -0.496 e. The Kier molecular flexibility index (Phi) is 5.89. The maximum absolute atomic E-state index is 12.4. The highest BCUT2D eigenvalue weighted by molar-refractivity contribution is 5.72. The molecule has 32 heavy (non-hydrogen) atoms. The Labute approximate surface area is 184 Å². The summed E-state index contributed by atoms with van der Waals surface area (Å²) in [5.41, 5.74) is 3.54. The van der Waals surface area contributed by atoms with Crippen LogP contribution in [0.5, 0.6) is 17.4 Å². The monoisotopic (exact) mass is 433 g/mol. The second-order valence-corrected chi connectivity index (χ2v) is 7.03. The second kappa shape index (κ2) is 8.93. The summed E-state index contributed by atoms with van der Waals surface area (Å²) < 4.78 is 19.3. The molecule has 0 aliphatic rings. The van der Waals surface area contributed by atoms with Crippen LogP contribution in [0.4, 0.5) is 0 Å². The summed E-state index contributed by atoms with van der Waals surface area (Å²) in [5, 5.41) is 7.72. The molecule has 164 valence electrons. The molecule has 2 heterocycles. The maximum Gasteiger partial charge on any atom is 0.368 e. The predicted molar refractivity (Wildman–Crippen MR) is 118 cm³/mol. The SMILES string of the molecule is COc1ccccc1-c1ccc(OCc2c(OC)cccc2-n2nnn(C)c2=O)nc1C. The third kappa shape index (κ3) is 3.92. The Morgan fingerprint density at radius 3 is 2.31 bits per heavy atom. The Balaban J connectivity index is 1.64. The molecule has 0 aliphatic carbocycles. The van der Waals surface area contributed by atoms with Crippen LogP contribution in [0.15, 0.2) is 59.4 Å². The van der Waals surface area contributed by atoms with Crippen molar-refractivity contribution in [3.63, 3.8) is 0 Å². The van der Waals surface area contributed by atoms with Crippen LogP contribution in [0.3, 0.4) is 0 Å². The molecule has 0 N–H and O–H groups in total. The van der Waals surface area contributed by atoms with E-state index in [1.807, 2.05) is 37.3 Å². The third-order valence-electron chi connectivity index (χ3n) is 5.10. The van der Waals surface area contributed by atoms with Gasteiger partial charge < -0.3 is 14.2 Å². The fourth-order valence-corrected chi connectivity index (χ4v) is 3.47. The van der Waals surface area contributed by atoms with Gasteiger partial charge in [-0.15, -0.1) is 0 Å². The number of hydrogen-bond donors (Lipinski definition) is 0. The van der Waals surface area contributed by atoms with E-state index in [1.54, 1.807) is 38.5 Å². The fraction of sp³-hybridized carbons (Fsp3) is 0.217. The maximum atomic E-state index is 12.4. The molecule has 0 amide bonds. The molecule has 0 radical (unpaired) electrons. The van der Waals surface area contributed by atoms with Crippen molar-refractivity contribution in [2.24, 2.45) is 7.05 Å². The van der Waals surface area contributed by atoms with Gasteiger partial charge in [0, 0.05) is 29.9 Å². The van der Waals surface area contributed by atoms with Crippen LogP contribution >= 0.6 is 0 Å². The molecule has 2 aromatic carbocycles. The smallest absolute Gasteiger partial charge is 0.368 e. The van der Waals surface area contributed by atoms with Gasteiger partial charge in [-0.2, -0.15) is 9.36 Å². The predicted octanol–water partition coefficient (Wildman–Crippen LogP) is 2.93. The summed E-state index contributed by atoms with van der Waals surface area (Å²) in [7, 11) is 4.75. The Morgan fingerprint density at radius 2 is 1.62 bits per heavy atom. The zero-order chi connectivity index (χ0) is 22.7. The van der Waals surface area contributed by atoms with Gasteiger partial charge in [-0.05, 0) is 41.6 Å². The van der Waals surface area contributed by atoms with Gasteiger partial charge in [0.1, 0.15) is 18.1 Å². The molecule has 0 unspecified atom stereocenters. The lowest BCUT2D eigenvalue weighted by molar-refractivity contribution is 0.284. The first-order valence-electron chi connectivity index (χ1n) is 9.92. The van der Waals surface area contributed by atoms with Gasteiger partial charge in [-0.1, -0.05) is 24.3 Å². The molecule has 0 saturated heterocycles. The van der Waals surface area contributed by atoms with Crippen LogP contribution in [0, 0.1) is 6.92 Å². The average molecular weight is 433 g/mol. The highest BCUT2D eigenvalue weighted by atomic mass is 16.5. The zero-order valence-corrected chi connectivity index (χ0v) is 18.3. The van der Waals surface area contributed by atoms with Crippen molar-refractivity contribution in [3.05, 3.63) is 76.3 Å². The van der Waals surface area contributed by atoms with Gasteiger partial charge in [0.25, 0.3) is 0 Å². The molecule has 9 nitrogen and oxygen atoms in total. The number of benzene rings is 2. The highest BCUT2D eigenvalue weighted by Crippen LogP contribution is 2.32. The first kappa shape index (κ1) is 21.1. The number of aromatic nitrogens is 5. The summed E-state index contributed by atoms with van der Waals surface area (Å²) in [6.07, 6.45) is 0. The number of methoxy groups -OCH3 is 2. The van der Waals surface area contributed by atoms with Gasteiger partial charge >= 0.3 is 5.69 Å².